The van der Waals surface area contributed by atoms with Crippen LogP contribution in [0.1, 0.15) is 31.1 Å². The van der Waals surface area contributed by atoms with Crippen molar-refractivity contribution in [2.45, 2.75) is 27.3 Å². The lowest BCUT2D eigenvalue weighted by Crippen LogP contribution is -2.20. The lowest BCUT2D eigenvalue weighted by atomic mass is 10.1. The molecule has 0 radical (unpaired) electrons. The van der Waals surface area contributed by atoms with Crippen molar-refractivity contribution < 1.29 is 23.8 Å². The Bertz CT molecular complexity index is 902. The van der Waals surface area contributed by atoms with E-state index in [9.17, 15) is 14.4 Å². The SMILES string of the molecule is CCOc1cc2c(c(Cl)c1OC(C)=O)c(=O)c(C(=O)OC)cn2CC. The van der Waals surface area contributed by atoms with E-state index in [1.807, 2.05) is 6.92 Å². The Morgan fingerprint density at radius 3 is 2.48 bits per heavy atom. The Labute approximate surface area is 149 Å². The van der Waals surface area contributed by atoms with Gasteiger partial charge in [0.15, 0.2) is 11.5 Å². The summed E-state index contributed by atoms with van der Waals surface area (Å²) >= 11 is 6.36. The maximum Gasteiger partial charge on any atom is 0.343 e. The molecule has 0 aliphatic rings. The topological polar surface area (TPSA) is 83.8 Å². The minimum atomic E-state index is -0.770. The Kier molecular flexibility index (Phi) is 5.69. The summed E-state index contributed by atoms with van der Waals surface area (Å²) in [5.41, 5.74) is -0.297. The summed E-state index contributed by atoms with van der Waals surface area (Å²) in [7, 11) is 1.19. The van der Waals surface area contributed by atoms with E-state index in [4.69, 9.17) is 21.1 Å². The highest BCUT2D eigenvalue weighted by Crippen LogP contribution is 2.40. The number of nitrogens with zero attached hydrogens (tertiary/aromatic N) is 1. The van der Waals surface area contributed by atoms with Crippen LogP contribution in [-0.2, 0) is 16.1 Å². The lowest BCUT2D eigenvalue weighted by molar-refractivity contribution is -0.132. The van der Waals surface area contributed by atoms with E-state index >= 15 is 0 Å². The van der Waals surface area contributed by atoms with Gasteiger partial charge in [0.05, 0.1) is 24.6 Å². The van der Waals surface area contributed by atoms with Crippen molar-refractivity contribution in [1.82, 2.24) is 4.57 Å². The van der Waals surface area contributed by atoms with Crippen molar-refractivity contribution >= 4 is 34.4 Å². The molecule has 8 heteroatoms. The number of benzene rings is 1. The molecular formula is C17H18ClNO6. The van der Waals surface area contributed by atoms with Gasteiger partial charge in [-0.3, -0.25) is 9.59 Å². The highest BCUT2D eigenvalue weighted by Gasteiger charge is 2.23. The number of fused-ring (bicyclic) bond motifs is 1. The van der Waals surface area contributed by atoms with Gasteiger partial charge in [0.2, 0.25) is 5.43 Å². The fourth-order valence-corrected chi connectivity index (χ4v) is 2.79. The van der Waals surface area contributed by atoms with Gasteiger partial charge in [-0.05, 0) is 13.8 Å². The average molecular weight is 368 g/mol. The van der Waals surface area contributed by atoms with E-state index in [2.05, 4.69) is 4.74 Å². The predicted molar refractivity (Wildman–Crippen MR) is 92.7 cm³/mol. The standard InChI is InChI=1S/C17H18ClNO6/c1-5-19-8-10(17(22)23-4)15(21)13-11(19)7-12(24-6-2)16(14(13)18)25-9(3)20/h7-8H,5-6H2,1-4H3. The van der Waals surface area contributed by atoms with E-state index in [1.54, 1.807) is 17.6 Å². The summed E-state index contributed by atoms with van der Waals surface area (Å²) in [5.74, 6) is -1.19. The first-order chi connectivity index (χ1) is 11.8. The molecule has 134 valence electrons. The van der Waals surface area contributed by atoms with E-state index < -0.39 is 17.4 Å². The third-order valence-corrected chi connectivity index (χ3v) is 3.88. The van der Waals surface area contributed by atoms with Crippen LogP contribution in [0.15, 0.2) is 17.1 Å². The molecule has 0 unspecified atom stereocenters. The second-order valence-corrected chi connectivity index (χ2v) is 5.47. The molecule has 0 saturated heterocycles. The van der Waals surface area contributed by atoms with Crippen molar-refractivity contribution in [2.24, 2.45) is 0 Å². The van der Waals surface area contributed by atoms with E-state index in [-0.39, 0.29) is 27.5 Å². The Hall–Kier alpha value is -2.54. The van der Waals surface area contributed by atoms with Gasteiger partial charge in [0, 0.05) is 25.7 Å². The van der Waals surface area contributed by atoms with Crippen molar-refractivity contribution in [3.8, 4) is 11.5 Å². The van der Waals surface area contributed by atoms with Crippen LogP contribution < -0.4 is 14.9 Å². The first-order valence-corrected chi connectivity index (χ1v) is 8.02. The minimum absolute atomic E-state index is 0.0507. The highest BCUT2D eigenvalue weighted by molar-refractivity contribution is 6.37. The molecule has 0 N–H and O–H groups in total. The molecule has 0 aliphatic heterocycles. The first kappa shape index (κ1) is 18.8. The van der Waals surface area contributed by atoms with Crippen LogP contribution in [0.4, 0.5) is 0 Å². The molecule has 25 heavy (non-hydrogen) atoms. The maximum absolute atomic E-state index is 12.7. The Morgan fingerprint density at radius 1 is 1.28 bits per heavy atom. The number of hydrogen-bond donors (Lipinski definition) is 0. The fraction of sp³-hybridized carbons (Fsp3) is 0.353. The van der Waals surface area contributed by atoms with E-state index in [0.717, 1.165) is 0 Å². The van der Waals surface area contributed by atoms with Gasteiger partial charge in [-0.25, -0.2) is 4.79 Å². The number of carbonyl (C=O) groups is 2. The molecule has 1 aromatic carbocycles. The van der Waals surface area contributed by atoms with Gasteiger partial charge in [-0.1, -0.05) is 11.6 Å². The molecule has 0 amide bonds. The maximum atomic E-state index is 12.7. The van der Waals surface area contributed by atoms with E-state index in [0.29, 0.717) is 18.7 Å². The summed E-state index contributed by atoms with van der Waals surface area (Å²) in [6.45, 7) is 5.61. The predicted octanol–water partition coefficient (Wildman–Crippen LogP) is 2.79. The van der Waals surface area contributed by atoms with Crippen LogP contribution in [0, 0.1) is 0 Å². The largest absolute Gasteiger partial charge is 0.490 e. The van der Waals surface area contributed by atoms with Crippen molar-refractivity contribution in [3.63, 3.8) is 0 Å². The van der Waals surface area contributed by atoms with Crippen LogP contribution in [0.25, 0.3) is 10.9 Å². The summed E-state index contributed by atoms with van der Waals surface area (Å²) in [6, 6.07) is 1.56. The van der Waals surface area contributed by atoms with Crippen molar-refractivity contribution in [1.29, 1.82) is 0 Å². The number of hydrogen-bond acceptors (Lipinski definition) is 6. The van der Waals surface area contributed by atoms with Crippen LogP contribution in [-0.4, -0.2) is 30.2 Å². The molecule has 1 aromatic heterocycles. The van der Waals surface area contributed by atoms with Crippen molar-refractivity contribution in [2.75, 3.05) is 13.7 Å². The number of ether oxygens (including phenoxy) is 3. The van der Waals surface area contributed by atoms with Gasteiger partial charge < -0.3 is 18.8 Å². The summed E-state index contributed by atoms with van der Waals surface area (Å²) < 4.78 is 17.0. The number of rotatable bonds is 5. The summed E-state index contributed by atoms with van der Waals surface area (Å²) in [6.07, 6.45) is 1.41. The zero-order chi connectivity index (χ0) is 18.7. The van der Waals surface area contributed by atoms with Crippen LogP contribution in [0.3, 0.4) is 0 Å². The molecule has 0 atom stereocenters. The van der Waals surface area contributed by atoms with Gasteiger partial charge in [0.1, 0.15) is 10.6 Å². The quantitative estimate of drug-likeness (QED) is 0.597. The molecule has 7 nitrogen and oxygen atoms in total. The number of carbonyl (C=O) groups excluding carboxylic acids is 2. The minimum Gasteiger partial charge on any atom is -0.490 e. The van der Waals surface area contributed by atoms with Gasteiger partial charge in [-0.15, -0.1) is 0 Å². The molecule has 0 spiro atoms. The number of pyridine rings is 1. The van der Waals surface area contributed by atoms with Crippen molar-refractivity contribution in [3.05, 3.63) is 33.1 Å². The number of aromatic nitrogens is 1. The number of esters is 2. The van der Waals surface area contributed by atoms with E-state index in [1.165, 1.54) is 20.2 Å². The molecule has 0 aliphatic carbocycles. The zero-order valence-corrected chi connectivity index (χ0v) is 15.1. The fourth-order valence-electron chi connectivity index (χ4n) is 2.48. The molecule has 0 saturated carbocycles. The van der Waals surface area contributed by atoms with Gasteiger partial charge in [-0.2, -0.15) is 0 Å². The summed E-state index contributed by atoms with van der Waals surface area (Å²) in [4.78, 5) is 36.0. The smallest absolute Gasteiger partial charge is 0.343 e. The zero-order valence-electron chi connectivity index (χ0n) is 14.3. The molecule has 2 aromatic rings. The molecular weight excluding hydrogens is 350 g/mol. The van der Waals surface area contributed by atoms with Crippen LogP contribution >= 0.6 is 11.6 Å². The molecule has 2 rings (SSSR count). The Balaban J connectivity index is 2.96. The average Bonchev–Trinajstić information content (AvgIpc) is 2.57. The first-order valence-electron chi connectivity index (χ1n) is 7.64. The number of aryl methyl sites for hydroxylation is 1. The molecule has 1 heterocycles. The molecule has 0 fully saturated rings. The second-order valence-electron chi connectivity index (χ2n) is 5.09. The lowest BCUT2D eigenvalue weighted by Gasteiger charge is -2.17. The third-order valence-electron chi connectivity index (χ3n) is 3.52. The van der Waals surface area contributed by atoms with Crippen LogP contribution in [0.5, 0.6) is 11.5 Å². The molecule has 0 bridgehead atoms. The normalized spacial score (nSPS) is 10.6. The number of methoxy groups -OCH3 is 1. The highest BCUT2D eigenvalue weighted by atomic mass is 35.5. The third kappa shape index (κ3) is 3.46. The van der Waals surface area contributed by atoms with Gasteiger partial charge in [0.25, 0.3) is 0 Å². The number of halogens is 1. The monoisotopic (exact) mass is 367 g/mol. The van der Waals surface area contributed by atoms with Gasteiger partial charge >= 0.3 is 11.9 Å². The van der Waals surface area contributed by atoms with Crippen LogP contribution in [0.2, 0.25) is 5.02 Å². The Morgan fingerprint density at radius 2 is 1.96 bits per heavy atom. The second kappa shape index (κ2) is 7.57. The summed E-state index contributed by atoms with van der Waals surface area (Å²) in [5, 5.41) is -0.0276.